The number of hydrogen-bond acceptors (Lipinski definition) is 0. The highest BCUT2D eigenvalue weighted by Crippen LogP contribution is 2.19. The number of unbranched alkanes of at least 4 members (excludes halogenated alkanes) is 3. The van der Waals surface area contributed by atoms with E-state index in [1.54, 1.807) is 0 Å². The highest BCUT2D eigenvalue weighted by Gasteiger charge is 2.04. The summed E-state index contributed by atoms with van der Waals surface area (Å²) >= 11 is 0. The van der Waals surface area contributed by atoms with E-state index < -0.39 is 0 Å². The standard InChI is InChI=1S/C12H25/c1-4-7-9-11-12(6-3)10-8-5-2/h12H,3-11H2,1-2H3. The highest BCUT2D eigenvalue weighted by atomic mass is 14.1. The molecule has 0 N–H and O–H groups in total. The molecule has 0 saturated carbocycles. The van der Waals surface area contributed by atoms with Gasteiger partial charge in [0, 0.05) is 0 Å². The lowest BCUT2D eigenvalue weighted by Gasteiger charge is -2.13. The van der Waals surface area contributed by atoms with Crippen molar-refractivity contribution < 1.29 is 0 Å². The van der Waals surface area contributed by atoms with Crippen molar-refractivity contribution in [3.8, 4) is 0 Å². The van der Waals surface area contributed by atoms with E-state index in [0.717, 1.165) is 12.3 Å². The third kappa shape index (κ3) is 6.69. The van der Waals surface area contributed by atoms with Gasteiger partial charge in [0.05, 0.1) is 0 Å². The molecule has 0 rings (SSSR count). The van der Waals surface area contributed by atoms with Crippen LogP contribution in [0.15, 0.2) is 0 Å². The van der Waals surface area contributed by atoms with Crippen molar-refractivity contribution in [3.63, 3.8) is 0 Å². The van der Waals surface area contributed by atoms with Crippen molar-refractivity contribution in [2.24, 2.45) is 5.92 Å². The van der Waals surface area contributed by atoms with Crippen LogP contribution in [0.1, 0.15) is 65.2 Å². The van der Waals surface area contributed by atoms with Gasteiger partial charge < -0.3 is 0 Å². The molecule has 0 aliphatic rings. The van der Waals surface area contributed by atoms with Crippen molar-refractivity contribution >= 4 is 0 Å². The summed E-state index contributed by atoms with van der Waals surface area (Å²) in [5.74, 6) is 0.913. The first-order valence-electron chi connectivity index (χ1n) is 5.64. The fourth-order valence-electron chi connectivity index (χ4n) is 1.61. The zero-order valence-electron chi connectivity index (χ0n) is 8.94. The van der Waals surface area contributed by atoms with Crippen LogP contribution < -0.4 is 0 Å². The van der Waals surface area contributed by atoms with Crippen LogP contribution in [-0.4, -0.2) is 0 Å². The molecule has 0 nitrogen and oxygen atoms in total. The van der Waals surface area contributed by atoms with E-state index >= 15 is 0 Å². The van der Waals surface area contributed by atoms with Gasteiger partial charge in [-0.05, 0) is 5.92 Å². The lowest BCUT2D eigenvalue weighted by molar-refractivity contribution is 0.417. The van der Waals surface area contributed by atoms with Crippen LogP contribution in [-0.2, 0) is 0 Å². The smallest absolute Gasteiger partial charge is 0.0414 e. The van der Waals surface area contributed by atoms with Crippen molar-refractivity contribution in [1.82, 2.24) is 0 Å². The van der Waals surface area contributed by atoms with Crippen LogP contribution in [0.25, 0.3) is 0 Å². The monoisotopic (exact) mass is 169 g/mol. The van der Waals surface area contributed by atoms with E-state index in [9.17, 15) is 0 Å². The minimum atomic E-state index is 0.913. The molecule has 12 heavy (non-hydrogen) atoms. The third-order valence-corrected chi connectivity index (χ3v) is 2.59. The van der Waals surface area contributed by atoms with Crippen molar-refractivity contribution in [1.29, 1.82) is 0 Å². The summed E-state index contributed by atoms with van der Waals surface area (Å²) in [7, 11) is 0. The Morgan fingerprint density at radius 3 is 2.00 bits per heavy atom. The Kier molecular flexibility index (Phi) is 9.09. The van der Waals surface area contributed by atoms with Crippen molar-refractivity contribution in [2.45, 2.75) is 65.2 Å². The molecule has 0 aromatic heterocycles. The van der Waals surface area contributed by atoms with Gasteiger partial charge in [-0.1, -0.05) is 72.1 Å². The van der Waals surface area contributed by atoms with Gasteiger partial charge in [-0.25, -0.2) is 0 Å². The average Bonchev–Trinajstić information content (AvgIpc) is 2.11. The normalized spacial score (nSPS) is 13.2. The largest absolute Gasteiger partial charge is 0.0654 e. The lowest BCUT2D eigenvalue weighted by atomic mass is 9.93. The van der Waals surface area contributed by atoms with Gasteiger partial charge in [-0.3, -0.25) is 0 Å². The highest BCUT2D eigenvalue weighted by molar-refractivity contribution is 4.60. The Morgan fingerprint density at radius 1 is 0.917 bits per heavy atom. The first-order chi connectivity index (χ1) is 5.85. The topological polar surface area (TPSA) is 0 Å². The molecular weight excluding hydrogens is 144 g/mol. The minimum Gasteiger partial charge on any atom is -0.0654 e. The van der Waals surface area contributed by atoms with Crippen LogP contribution >= 0.6 is 0 Å². The Hall–Kier alpha value is 0. The molecule has 1 atom stereocenters. The summed E-state index contributed by atoms with van der Waals surface area (Å²) in [6.07, 6.45) is 10.9. The van der Waals surface area contributed by atoms with Crippen molar-refractivity contribution in [3.05, 3.63) is 6.92 Å². The Balaban J connectivity index is 3.26. The Bertz CT molecular complexity index is 76.1. The van der Waals surface area contributed by atoms with E-state index in [0.29, 0.717) is 0 Å². The minimum absolute atomic E-state index is 0.913. The van der Waals surface area contributed by atoms with Gasteiger partial charge in [0.1, 0.15) is 0 Å². The maximum Gasteiger partial charge on any atom is -0.0414 e. The van der Waals surface area contributed by atoms with Gasteiger partial charge in [-0.2, -0.15) is 0 Å². The zero-order valence-corrected chi connectivity index (χ0v) is 8.94. The molecule has 0 saturated heterocycles. The van der Waals surface area contributed by atoms with Crippen LogP contribution in [0.5, 0.6) is 0 Å². The maximum atomic E-state index is 4.02. The molecule has 1 unspecified atom stereocenters. The lowest BCUT2D eigenvalue weighted by Crippen LogP contribution is -1.98. The molecule has 73 valence electrons. The Labute approximate surface area is 78.8 Å². The fraction of sp³-hybridized carbons (Fsp3) is 0.917. The molecule has 0 heteroatoms. The van der Waals surface area contributed by atoms with E-state index in [2.05, 4.69) is 20.8 Å². The van der Waals surface area contributed by atoms with E-state index in [1.807, 2.05) is 0 Å². The molecule has 0 amide bonds. The molecular formula is C12H25. The molecule has 1 radical (unpaired) electrons. The van der Waals surface area contributed by atoms with E-state index in [4.69, 9.17) is 0 Å². The van der Waals surface area contributed by atoms with E-state index in [1.165, 1.54) is 44.9 Å². The molecule has 0 fully saturated rings. The molecule has 0 aromatic carbocycles. The maximum absolute atomic E-state index is 4.02. The van der Waals surface area contributed by atoms with Crippen LogP contribution in [0, 0.1) is 12.8 Å². The van der Waals surface area contributed by atoms with Crippen LogP contribution in [0.3, 0.4) is 0 Å². The third-order valence-electron chi connectivity index (χ3n) is 2.59. The second kappa shape index (κ2) is 9.09. The summed E-state index contributed by atoms with van der Waals surface area (Å²) in [6, 6.07) is 0. The quantitative estimate of drug-likeness (QED) is 0.466. The molecule has 0 bridgehead atoms. The SMILES string of the molecule is [CH2]CC(CCCC)CCCCC. The number of hydrogen-bond donors (Lipinski definition) is 0. The molecule has 0 spiro atoms. The molecule has 0 aromatic rings. The first kappa shape index (κ1) is 12.0. The van der Waals surface area contributed by atoms with Gasteiger partial charge in [0.2, 0.25) is 0 Å². The van der Waals surface area contributed by atoms with Crippen LogP contribution in [0.2, 0.25) is 0 Å². The van der Waals surface area contributed by atoms with Crippen molar-refractivity contribution in [2.75, 3.05) is 0 Å². The Morgan fingerprint density at radius 2 is 1.50 bits per heavy atom. The van der Waals surface area contributed by atoms with Gasteiger partial charge in [0.25, 0.3) is 0 Å². The molecule has 0 aliphatic carbocycles. The second-order valence-corrected chi connectivity index (χ2v) is 3.79. The van der Waals surface area contributed by atoms with Gasteiger partial charge in [0.15, 0.2) is 0 Å². The summed E-state index contributed by atoms with van der Waals surface area (Å²) in [6.45, 7) is 8.56. The summed E-state index contributed by atoms with van der Waals surface area (Å²) < 4.78 is 0. The predicted molar refractivity (Wildman–Crippen MR) is 57.1 cm³/mol. The second-order valence-electron chi connectivity index (χ2n) is 3.79. The number of rotatable bonds is 8. The molecule has 0 aliphatic heterocycles. The predicted octanol–water partition coefficient (Wildman–Crippen LogP) is 4.60. The molecule has 0 heterocycles. The average molecular weight is 169 g/mol. The first-order valence-corrected chi connectivity index (χ1v) is 5.64. The summed E-state index contributed by atoms with van der Waals surface area (Å²) in [4.78, 5) is 0. The summed E-state index contributed by atoms with van der Waals surface area (Å²) in [5.41, 5.74) is 0. The van der Waals surface area contributed by atoms with Gasteiger partial charge >= 0.3 is 0 Å². The van der Waals surface area contributed by atoms with E-state index in [-0.39, 0.29) is 0 Å². The fourth-order valence-corrected chi connectivity index (χ4v) is 1.61. The van der Waals surface area contributed by atoms with Gasteiger partial charge in [-0.15, -0.1) is 0 Å². The summed E-state index contributed by atoms with van der Waals surface area (Å²) in [5, 5.41) is 0. The van der Waals surface area contributed by atoms with Crippen LogP contribution in [0.4, 0.5) is 0 Å². The zero-order chi connectivity index (χ0) is 9.23.